The molecule has 0 radical (unpaired) electrons. The van der Waals surface area contributed by atoms with Gasteiger partial charge in [-0.2, -0.15) is 10.1 Å². The number of amides is 1. The van der Waals surface area contributed by atoms with E-state index in [-0.39, 0.29) is 5.91 Å². The highest BCUT2D eigenvalue weighted by atomic mass is 32.1. The molecule has 0 fully saturated rings. The maximum atomic E-state index is 13.5. The Kier molecular flexibility index (Phi) is 5.83. The minimum atomic E-state index is -0.250. The fraction of sp³-hybridized carbons (Fsp3) is 0.0741. The summed E-state index contributed by atoms with van der Waals surface area (Å²) in [6.07, 6.45) is 3.91. The summed E-state index contributed by atoms with van der Waals surface area (Å²) in [7, 11) is 0. The first-order valence-electron chi connectivity index (χ1n) is 10.6. The number of benzene rings is 3. The van der Waals surface area contributed by atoms with Crippen LogP contribution in [0.25, 0.3) is 10.2 Å². The molecule has 0 aliphatic carbocycles. The molecule has 0 spiro atoms. The third-order valence-corrected chi connectivity index (χ3v) is 6.20. The van der Waals surface area contributed by atoms with Crippen molar-refractivity contribution >= 4 is 38.8 Å². The average molecular weight is 452 g/mol. The van der Waals surface area contributed by atoms with Crippen molar-refractivity contribution < 1.29 is 9.21 Å². The first kappa shape index (κ1) is 20.8. The number of nitrogens with zero attached hydrogens (tertiary/aromatic N) is 3. The van der Waals surface area contributed by atoms with E-state index in [9.17, 15) is 4.79 Å². The molecule has 1 amide bonds. The number of furan rings is 1. The Morgan fingerprint density at radius 3 is 2.55 bits per heavy atom. The van der Waals surface area contributed by atoms with Crippen LogP contribution in [0.5, 0.6) is 0 Å². The summed E-state index contributed by atoms with van der Waals surface area (Å²) in [5.74, 6) is 0.308. The van der Waals surface area contributed by atoms with Crippen LogP contribution in [-0.4, -0.2) is 17.1 Å². The zero-order valence-corrected chi connectivity index (χ0v) is 18.8. The van der Waals surface area contributed by atoms with E-state index in [2.05, 4.69) is 28.3 Å². The number of aryl methyl sites for hydroxylation is 1. The fourth-order valence-electron chi connectivity index (χ4n) is 3.50. The molecule has 0 N–H and O–H groups in total. The number of hydrogen-bond acceptors (Lipinski definition) is 5. The maximum Gasteiger partial charge on any atom is 0.280 e. The van der Waals surface area contributed by atoms with Crippen molar-refractivity contribution in [3.05, 3.63) is 119 Å². The number of aromatic nitrogens is 1. The highest BCUT2D eigenvalue weighted by molar-refractivity contribution is 7.22. The summed E-state index contributed by atoms with van der Waals surface area (Å²) < 4.78 is 6.36. The maximum absolute atomic E-state index is 13.5. The quantitative estimate of drug-likeness (QED) is 0.220. The Balaban J connectivity index is 1.45. The number of carbonyl (C=O) groups is 1. The van der Waals surface area contributed by atoms with Crippen LogP contribution >= 0.6 is 11.3 Å². The normalized spacial score (nSPS) is 11.3. The Morgan fingerprint density at radius 2 is 1.79 bits per heavy atom. The molecule has 5 aromatic rings. The lowest BCUT2D eigenvalue weighted by molar-refractivity contribution is 0.0988. The van der Waals surface area contributed by atoms with E-state index in [0.717, 1.165) is 27.8 Å². The van der Waals surface area contributed by atoms with Gasteiger partial charge in [-0.05, 0) is 66.4 Å². The second-order valence-corrected chi connectivity index (χ2v) is 8.71. The van der Waals surface area contributed by atoms with Crippen LogP contribution in [0.1, 0.15) is 32.8 Å². The lowest BCUT2D eigenvalue weighted by Gasteiger charge is -2.14. The molecule has 2 heterocycles. The van der Waals surface area contributed by atoms with Gasteiger partial charge in [0, 0.05) is 5.56 Å². The predicted octanol–water partition coefficient (Wildman–Crippen LogP) is 6.47. The lowest BCUT2D eigenvalue weighted by Crippen LogP contribution is -2.25. The number of hydrazone groups is 1. The Labute approximate surface area is 195 Å². The van der Waals surface area contributed by atoms with Crippen LogP contribution in [-0.2, 0) is 6.42 Å². The van der Waals surface area contributed by atoms with Crippen molar-refractivity contribution in [3.63, 3.8) is 0 Å². The van der Waals surface area contributed by atoms with Crippen molar-refractivity contribution in [3.8, 4) is 0 Å². The van der Waals surface area contributed by atoms with Gasteiger partial charge in [-0.15, -0.1) is 0 Å². The third kappa shape index (κ3) is 4.76. The van der Waals surface area contributed by atoms with Gasteiger partial charge in [0.05, 0.1) is 22.7 Å². The molecule has 6 heteroatoms. The molecule has 162 valence electrons. The summed E-state index contributed by atoms with van der Waals surface area (Å²) in [5, 5.41) is 6.29. The largest absolute Gasteiger partial charge is 0.463 e. The first-order valence-corrected chi connectivity index (χ1v) is 11.4. The Morgan fingerprint density at radius 1 is 1.00 bits per heavy atom. The molecule has 0 atom stereocenters. The number of carbonyl (C=O) groups excluding carboxylic acids is 1. The summed E-state index contributed by atoms with van der Waals surface area (Å²) >= 11 is 1.43. The van der Waals surface area contributed by atoms with Crippen molar-refractivity contribution in [2.75, 3.05) is 5.01 Å². The van der Waals surface area contributed by atoms with E-state index in [1.807, 2.05) is 61.5 Å². The Bertz CT molecular complexity index is 1410. The van der Waals surface area contributed by atoms with E-state index >= 15 is 0 Å². The molecule has 0 aliphatic heterocycles. The van der Waals surface area contributed by atoms with Crippen LogP contribution in [0.15, 0.2) is 101 Å². The topological polar surface area (TPSA) is 58.7 Å². The van der Waals surface area contributed by atoms with E-state index in [0.29, 0.717) is 16.5 Å². The average Bonchev–Trinajstić information content (AvgIpc) is 3.50. The molecule has 33 heavy (non-hydrogen) atoms. The second-order valence-electron chi connectivity index (χ2n) is 7.70. The standard InChI is InChI=1S/C27H21N3O2S/c1-19-9-14-24-25(16-19)33-27(29-24)30(28-18-23-8-5-15-32-23)26(31)22-12-10-21(11-13-22)17-20-6-3-2-4-7-20/h2-16,18H,17H2,1H3/b28-18+. The third-order valence-electron chi connectivity index (χ3n) is 5.20. The van der Waals surface area contributed by atoms with Crippen LogP contribution in [0.2, 0.25) is 0 Å². The lowest BCUT2D eigenvalue weighted by atomic mass is 10.0. The second kappa shape index (κ2) is 9.22. The summed E-state index contributed by atoms with van der Waals surface area (Å²) in [5.41, 5.74) is 4.89. The van der Waals surface area contributed by atoms with Crippen molar-refractivity contribution in [1.29, 1.82) is 0 Å². The van der Waals surface area contributed by atoms with Crippen LogP contribution < -0.4 is 5.01 Å². The number of fused-ring (bicyclic) bond motifs is 1. The summed E-state index contributed by atoms with van der Waals surface area (Å²) in [6, 6.07) is 27.5. The van der Waals surface area contributed by atoms with Gasteiger partial charge in [-0.3, -0.25) is 4.79 Å². The highest BCUT2D eigenvalue weighted by Crippen LogP contribution is 2.31. The van der Waals surface area contributed by atoms with Crippen molar-refractivity contribution in [2.24, 2.45) is 5.10 Å². The number of rotatable bonds is 6. The molecule has 0 bridgehead atoms. The zero-order chi connectivity index (χ0) is 22.6. The van der Waals surface area contributed by atoms with E-state index in [4.69, 9.17) is 4.42 Å². The minimum Gasteiger partial charge on any atom is -0.463 e. The van der Waals surface area contributed by atoms with Gasteiger partial charge < -0.3 is 4.42 Å². The number of thiazole rings is 1. The molecule has 0 saturated carbocycles. The van der Waals surface area contributed by atoms with Gasteiger partial charge in [0.2, 0.25) is 5.13 Å². The van der Waals surface area contributed by atoms with E-state index < -0.39 is 0 Å². The van der Waals surface area contributed by atoms with Gasteiger partial charge in [0.25, 0.3) is 5.91 Å². The van der Waals surface area contributed by atoms with Gasteiger partial charge in [-0.1, -0.05) is 59.9 Å². The SMILES string of the molecule is Cc1ccc2nc(N(/N=C/c3ccco3)C(=O)c3ccc(Cc4ccccc4)cc3)sc2c1. The van der Waals surface area contributed by atoms with Gasteiger partial charge >= 0.3 is 0 Å². The van der Waals surface area contributed by atoms with E-state index in [1.165, 1.54) is 28.1 Å². The molecular formula is C27H21N3O2S. The van der Waals surface area contributed by atoms with Crippen LogP contribution in [0, 0.1) is 6.92 Å². The summed E-state index contributed by atoms with van der Waals surface area (Å²) in [6.45, 7) is 2.04. The molecule has 0 aliphatic rings. The van der Waals surface area contributed by atoms with Crippen molar-refractivity contribution in [2.45, 2.75) is 13.3 Å². The number of hydrogen-bond donors (Lipinski definition) is 0. The zero-order valence-electron chi connectivity index (χ0n) is 18.0. The van der Waals surface area contributed by atoms with Gasteiger partial charge in [-0.25, -0.2) is 4.98 Å². The molecular weight excluding hydrogens is 430 g/mol. The molecule has 3 aromatic carbocycles. The van der Waals surface area contributed by atoms with Crippen molar-refractivity contribution in [1.82, 2.24) is 4.98 Å². The van der Waals surface area contributed by atoms with Crippen LogP contribution in [0.4, 0.5) is 5.13 Å². The molecule has 5 rings (SSSR count). The van der Waals surface area contributed by atoms with Gasteiger partial charge in [0.1, 0.15) is 5.76 Å². The Hall–Kier alpha value is -4.03. The number of anilines is 1. The monoisotopic (exact) mass is 451 g/mol. The molecule has 2 aromatic heterocycles. The predicted molar refractivity (Wildman–Crippen MR) is 133 cm³/mol. The summed E-state index contributed by atoms with van der Waals surface area (Å²) in [4.78, 5) is 18.1. The minimum absolute atomic E-state index is 0.250. The fourth-order valence-corrected chi connectivity index (χ4v) is 4.52. The highest BCUT2D eigenvalue weighted by Gasteiger charge is 2.21. The molecule has 0 saturated heterocycles. The molecule has 5 nitrogen and oxygen atoms in total. The first-order chi connectivity index (χ1) is 16.2. The smallest absolute Gasteiger partial charge is 0.280 e. The van der Waals surface area contributed by atoms with Crippen LogP contribution in [0.3, 0.4) is 0 Å². The molecule has 0 unspecified atom stereocenters. The van der Waals surface area contributed by atoms with Gasteiger partial charge in [0.15, 0.2) is 0 Å². The van der Waals surface area contributed by atoms with E-state index in [1.54, 1.807) is 18.4 Å².